The van der Waals surface area contributed by atoms with E-state index >= 15 is 0 Å². The van der Waals surface area contributed by atoms with E-state index in [2.05, 4.69) is 0 Å². The second kappa shape index (κ2) is 5.27. The lowest BCUT2D eigenvalue weighted by Gasteiger charge is -2.18. The third-order valence-electron chi connectivity index (χ3n) is 3.10. The Morgan fingerprint density at radius 3 is 2.72 bits per heavy atom. The van der Waals surface area contributed by atoms with Crippen LogP contribution >= 0.6 is 0 Å². The van der Waals surface area contributed by atoms with Gasteiger partial charge in [-0.15, -0.1) is 0 Å². The van der Waals surface area contributed by atoms with Crippen molar-refractivity contribution >= 4 is 5.91 Å². The molecular weight excluding hydrogens is 232 g/mol. The second-order valence-electron chi connectivity index (χ2n) is 4.42. The van der Waals surface area contributed by atoms with Gasteiger partial charge in [0.25, 0.3) is 0 Å². The first-order chi connectivity index (χ1) is 8.63. The maximum absolute atomic E-state index is 11.7. The lowest BCUT2D eigenvalue weighted by Crippen LogP contribution is -2.27. The summed E-state index contributed by atoms with van der Waals surface area (Å²) in [5.74, 6) is 1.56. The fraction of sp³-hybridized carbons (Fsp3) is 0.462. The predicted octanol–water partition coefficient (Wildman–Crippen LogP) is 0.763. The molecule has 2 N–H and O–H groups in total. The van der Waals surface area contributed by atoms with Crippen LogP contribution < -0.4 is 15.2 Å². The van der Waals surface area contributed by atoms with Crippen molar-refractivity contribution in [1.82, 2.24) is 4.90 Å². The highest BCUT2D eigenvalue weighted by Gasteiger charge is 2.27. The SMILES string of the molecule is COc1ccc(CN2C[C@@H](N)CC2=O)c(OC)c1. The predicted molar refractivity (Wildman–Crippen MR) is 67.6 cm³/mol. The van der Waals surface area contributed by atoms with Crippen molar-refractivity contribution in [2.75, 3.05) is 20.8 Å². The Morgan fingerprint density at radius 2 is 2.17 bits per heavy atom. The molecule has 0 aromatic heterocycles. The largest absolute Gasteiger partial charge is 0.497 e. The van der Waals surface area contributed by atoms with E-state index in [0.29, 0.717) is 19.5 Å². The molecule has 98 valence electrons. The summed E-state index contributed by atoms with van der Waals surface area (Å²) in [5.41, 5.74) is 6.73. The number of nitrogens with two attached hydrogens (primary N) is 1. The minimum Gasteiger partial charge on any atom is -0.497 e. The second-order valence-corrected chi connectivity index (χ2v) is 4.42. The topological polar surface area (TPSA) is 64.8 Å². The normalized spacial score (nSPS) is 19.2. The Balaban J connectivity index is 2.16. The highest BCUT2D eigenvalue weighted by atomic mass is 16.5. The third-order valence-corrected chi connectivity index (χ3v) is 3.10. The van der Waals surface area contributed by atoms with Crippen LogP contribution in [0.15, 0.2) is 18.2 Å². The number of ether oxygens (including phenoxy) is 2. The van der Waals surface area contributed by atoms with Gasteiger partial charge in [-0.2, -0.15) is 0 Å². The van der Waals surface area contributed by atoms with Crippen LogP contribution in [0.5, 0.6) is 11.5 Å². The minimum absolute atomic E-state index is 0.0539. The molecule has 0 spiro atoms. The van der Waals surface area contributed by atoms with Crippen molar-refractivity contribution < 1.29 is 14.3 Å². The number of hydrogen-bond donors (Lipinski definition) is 1. The number of amides is 1. The van der Waals surface area contributed by atoms with Crippen LogP contribution in [0.3, 0.4) is 0 Å². The zero-order valence-corrected chi connectivity index (χ0v) is 10.7. The number of carbonyl (C=O) groups is 1. The molecule has 0 saturated carbocycles. The first-order valence-electron chi connectivity index (χ1n) is 5.88. The summed E-state index contributed by atoms with van der Waals surface area (Å²) in [7, 11) is 3.22. The number of hydrogen-bond acceptors (Lipinski definition) is 4. The average Bonchev–Trinajstić information content (AvgIpc) is 2.68. The first kappa shape index (κ1) is 12.7. The van der Waals surface area contributed by atoms with Gasteiger partial charge in [-0.3, -0.25) is 4.79 Å². The average molecular weight is 250 g/mol. The van der Waals surface area contributed by atoms with Gasteiger partial charge in [0.2, 0.25) is 5.91 Å². The van der Waals surface area contributed by atoms with Gasteiger partial charge in [-0.05, 0) is 12.1 Å². The Bertz CT molecular complexity index is 448. The molecule has 0 aliphatic carbocycles. The van der Waals surface area contributed by atoms with Gasteiger partial charge in [0.1, 0.15) is 11.5 Å². The molecule has 0 bridgehead atoms. The molecule has 0 unspecified atom stereocenters. The number of carbonyl (C=O) groups excluding carboxylic acids is 1. The van der Waals surface area contributed by atoms with Crippen molar-refractivity contribution in [3.05, 3.63) is 23.8 Å². The van der Waals surface area contributed by atoms with Gasteiger partial charge < -0.3 is 20.1 Å². The summed E-state index contributed by atoms with van der Waals surface area (Å²) >= 11 is 0. The molecule has 1 saturated heterocycles. The van der Waals surface area contributed by atoms with Crippen LogP contribution in [0.25, 0.3) is 0 Å². The van der Waals surface area contributed by atoms with E-state index in [1.54, 1.807) is 19.1 Å². The molecule has 0 radical (unpaired) electrons. The number of rotatable bonds is 4. The highest BCUT2D eigenvalue weighted by Crippen LogP contribution is 2.26. The van der Waals surface area contributed by atoms with Crippen LogP contribution in [0.1, 0.15) is 12.0 Å². The van der Waals surface area contributed by atoms with Gasteiger partial charge in [0, 0.05) is 37.2 Å². The van der Waals surface area contributed by atoms with Crippen LogP contribution in [0, 0.1) is 0 Å². The molecule has 1 aromatic rings. The molecule has 1 aliphatic heterocycles. The Morgan fingerprint density at radius 1 is 1.39 bits per heavy atom. The standard InChI is InChI=1S/C13H18N2O3/c1-17-11-4-3-9(12(6-11)18-2)7-15-8-10(14)5-13(15)16/h3-4,6,10H,5,7-8,14H2,1-2H3/t10-/m0/s1. The smallest absolute Gasteiger partial charge is 0.224 e. The fourth-order valence-electron chi connectivity index (χ4n) is 2.14. The van der Waals surface area contributed by atoms with Crippen LogP contribution in [0.2, 0.25) is 0 Å². The zero-order chi connectivity index (χ0) is 13.1. The number of nitrogens with zero attached hydrogens (tertiary/aromatic N) is 1. The van der Waals surface area contributed by atoms with E-state index in [1.807, 2.05) is 18.2 Å². The van der Waals surface area contributed by atoms with E-state index in [4.69, 9.17) is 15.2 Å². The molecule has 1 fully saturated rings. The lowest BCUT2D eigenvalue weighted by molar-refractivity contribution is -0.128. The van der Waals surface area contributed by atoms with Gasteiger partial charge in [-0.1, -0.05) is 0 Å². The van der Waals surface area contributed by atoms with Gasteiger partial charge in [0.15, 0.2) is 0 Å². The fourth-order valence-corrected chi connectivity index (χ4v) is 2.14. The molecule has 1 aromatic carbocycles. The van der Waals surface area contributed by atoms with E-state index in [1.165, 1.54) is 0 Å². The molecule has 5 heteroatoms. The van der Waals surface area contributed by atoms with Gasteiger partial charge in [-0.25, -0.2) is 0 Å². The molecule has 5 nitrogen and oxygen atoms in total. The zero-order valence-electron chi connectivity index (χ0n) is 10.7. The van der Waals surface area contributed by atoms with E-state index in [-0.39, 0.29) is 11.9 Å². The third kappa shape index (κ3) is 2.56. The summed E-state index contributed by atoms with van der Waals surface area (Å²) in [5, 5.41) is 0. The molecule has 1 amide bonds. The minimum atomic E-state index is -0.0539. The van der Waals surface area contributed by atoms with Crippen LogP contribution in [-0.2, 0) is 11.3 Å². The van der Waals surface area contributed by atoms with E-state index in [0.717, 1.165) is 17.1 Å². The molecule has 1 heterocycles. The van der Waals surface area contributed by atoms with Crippen molar-refractivity contribution in [2.24, 2.45) is 5.73 Å². The highest BCUT2D eigenvalue weighted by molar-refractivity contribution is 5.79. The quantitative estimate of drug-likeness (QED) is 0.857. The van der Waals surface area contributed by atoms with Crippen molar-refractivity contribution in [3.8, 4) is 11.5 Å². The molecule has 1 aliphatic rings. The molecule has 18 heavy (non-hydrogen) atoms. The van der Waals surface area contributed by atoms with Gasteiger partial charge >= 0.3 is 0 Å². The number of benzene rings is 1. The summed E-state index contributed by atoms with van der Waals surface area (Å²) in [6.45, 7) is 1.13. The Hall–Kier alpha value is -1.75. The molecular formula is C13H18N2O3. The van der Waals surface area contributed by atoms with Crippen molar-refractivity contribution in [1.29, 1.82) is 0 Å². The summed E-state index contributed by atoms with van der Waals surface area (Å²) in [6, 6.07) is 5.53. The number of methoxy groups -OCH3 is 2. The Labute approximate surface area is 106 Å². The Kier molecular flexibility index (Phi) is 3.72. The molecule has 1 atom stereocenters. The van der Waals surface area contributed by atoms with Gasteiger partial charge in [0.05, 0.1) is 14.2 Å². The maximum atomic E-state index is 11.7. The molecule has 2 rings (SSSR count). The van der Waals surface area contributed by atoms with E-state index in [9.17, 15) is 4.79 Å². The van der Waals surface area contributed by atoms with Crippen molar-refractivity contribution in [3.63, 3.8) is 0 Å². The van der Waals surface area contributed by atoms with Crippen LogP contribution in [0.4, 0.5) is 0 Å². The van der Waals surface area contributed by atoms with E-state index < -0.39 is 0 Å². The maximum Gasteiger partial charge on any atom is 0.224 e. The summed E-state index contributed by atoms with van der Waals surface area (Å²) < 4.78 is 10.5. The summed E-state index contributed by atoms with van der Waals surface area (Å²) in [4.78, 5) is 13.5. The van der Waals surface area contributed by atoms with Crippen LogP contribution in [-0.4, -0.2) is 37.6 Å². The monoisotopic (exact) mass is 250 g/mol. The first-order valence-corrected chi connectivity index (χ1v) is 5.88. The lowest BCUT2D eigenvalue weighted by atomic mass is 10.2. The number of likely N-dealkylation sites (tertiary alicyclic amines) is 1. The summed E-state index contributed by atoms with van der Waals surface area (Å²) in [6.07, 6.45) is 0.429. The van der Waals surface area contributed by atoms with Crippen molar-refractivity contribution in [2.45, 2.75) is 19.0 Å².